The Balaban J connectivity index is 1.48. The molecule has 10 nitrogen and oxygen atoms in total. The number of sulfone groups is 1. The number of fused-ring (bicyclic) bond motifs is 1. The van der Waals surface area contributed by atoms with E-state index in [4.69, 9.17) is 0 Å². The molecule has 0 bridgehead atoms. The zero-order valence-corrected chi connectivity index (χ0v) is 14.8. The van der Waals surface area contributed by atoms with Gasteiger partial charge in [-0.05, 0) is 31.0 Å². The summed E-state index contributed by atoms with van der Waals surface area (Å²) in [6.07, 6.45) is 2.10. The molecule has 0 radical (unpaired) electrons. The van der Waals surface area contributed by atoms with Gasteiger partial charge in [0.25, 0.3) is 5.91 Å². The van der Waals surface area contributed by atoms with E-state index in [2.05, 4.69) is 25.6 Å². The molecule has 11 heteroatoms. The van der Waals surface area contributed by atoms with E-state index in [9.17, 15) is 13.2 Å². The highest BCUT2D eigenvalue weighted by molar-refractivity contribution is 7.91. The number of carbonyl (C=O) groups excluding carboxylic acids is 1. The summed E-state index contributed by atoms with van der Waals surface area (Å²) in [5.41, 5.74) is 1.83. The van der Waals surface area contributed by atoms with Crippen LogP contribution in [0.5, 0.6) is 0 Å². The van der Waals surface area contributed by atoms with Gasteiger partial charge in [-0.25, -0.2) is 8.42 Å². The summed E-state index contributed by atoms with van der Waals surface area (Å²) in [5.74, 6) is -0.135. The number of aromatic amines is 1. The molecule has 0 unspecified atom stereocenters. The Morgan fingerprint density at radius 3 is 2.62 bits per heavy atom. The molecular formula is C15H17N7O3S. The van der Waals surface area contributed by atoms with E-state index < -0.39 is 15.1 Å². The van der Waals surface area contributed by atoms with Crippen molar-refractivity contribution in [2.75, 3.05) is 13.1 Å². The van der Waals surface area contributed by atoms with Gasteiger partial charge in [0.15, 0.2) is 0 Å². The highest BCUT2D eigenvalue weighted by Gasteiger charge is 2.35. The normalized spacial score (nSPS) is 16.3. The minimum Gasteiger partial charge on any atom is -0.339 e. The molecule has 1 N–H and O–H groups in total. The topological polar surface area (TPSA) is 127 Å². The molecule has 0 aliphatic carbocycles. The second kappa shape index (κ2) is 6.16. The number of rotatable bonds is 3. The molecule has 1 aromatic carbocycles. The van der Waals surface area contributed by atoms with Crippen LogP contribution in [0.4, 0.5) is 0 Å². The Morgan fingerprint density at radius 2 is 1.92 bits per heavy atom. The van der Waals surface area contributed by atoms with E-state index in [-0.39, 0.29) is 11.1 Å². The van der Waals surface area contributed by atoms with E-state index in [1.807, 2.05) is 0 Å². The average molecular weight is 375 g/mol. The smallest absolute Gasteiger partial charge is 0.253 e. The fraction of sp³-hybridized carbons (Fsp3) is 0.400. The Bertz CT molecular complexity index is 1060. The van der Waals surface area contributed by atoms with E-state index in [1.54, 1.807) is 30.1 Å². The van der Waals surface area contributed by atoms with Crippen LogP contribution in [0.2, 0.25) is 0 Å². The van der Waals surface area contributed by atoms with Gasteiger partial charge in [0, 0.05) is 25.7 Å². The molecule has 1 aliphatic rings. The molecule has 1 aliphatic heterocycles. The Hall–Kier alpha value is -2.82. The van der Waals surface area contributed by atoms with Gasteiger partial charge in [0.05, 0.1) is 5.25 Å². The number of aryl methyl sites for hydroxylation is 1. The number of amides is 1. The predicted octanol–water partition coefficient (Wildman–Crippen LogP) is 0.165. The maximum atomic E-state index is 12.7. The lowest BCUT2D eigenvalue weighted by atomic mass is 10.1. The van der Waals surface area contributed by atoms with Gasteiger partial charge in [-0.1, -0.05) is 0 Å². The summed E-state index contributed by atoms with van der Waals surface area (Å²) in [7, 11) is -1.95. The number of H-pyrrole nitrogens is 1. The first-order valence-electron chi connectivity index (χ1n) is 8.14. The molecule has 1 amide bonds. The molecule has 1 saturated heterocycles. The summed E-state index contributed by atoms with van der Waals surface area (Å²) in [6.45, 7) is 0.745. The van der Waals surface area contributed by atoms with Crippen molar-refractivity contribution in [1.82, 2.24) is 35.1 Å². The molecule has 0 atom stereocenters. The van der Waals surface area contributed by atoms with E-state index in [0.717, 1.165) is 0 Å². The number of aromatic nitrogens is 6. The zero-order chi connectivity index (χ0) is 18.3. The monoisotopic (exact) mass is 375 g/mol. The number of benzene rings is 1. The van der Waals surface area contributed by atoms with Crippen LogP contribution < -0.4 is 0 Å². The van der Waals surface area contributed by atoms with Gasteiger partial charge in [0.1, 0.15) is 17.4 Å². The van der Waals surface area contributed by atoms with Crippen molar-refractivity contribution in [1.29, 1.82) is 0 Å². The van der Waals surface area contributed by atoms with Crippen molar-refractivity contribution in [3.8, 4) is 0 Å². The summed E-state index contributed by atoms with van der Waals surface area (Å²) in [6, 6.07) is 5.12. The summed E-state index contributed by atoms with van der Waals surface area (Å²) in [4.78, 5) is 14.4. The number of nitrogens with zero attached hydrogens (tertiary/aromatic N) is 6. The Kier molecular flexibility index (Phi) is 3.94. The van der Waals surface area contributed by atoms with Crippen LogP contribution >= 0.6 is 0 Å². The van der Waals surface area contributed by atoms with Crippen molar-refractivity contribution in [3.05, 3.63) is 30.1 Å². The maximum Gasteiger partial charge on any atom is 0.253 e. The van der Waals surface area contributed by atoms with Gasteiger partial charge in [-0.15, -0.1) is 10.2 Å². The predicted molar refractivity (Wildman–Crippen MR) is 91.0 cm³/mol. The average Bonchev–Trinajstić information content (AvgIpc) is 3.29. The first-order valence-corrected chi connectivity index (χ1v) is 9.69. The summed E-state index contributed by atoms with van der Waals surface area (Å²) >= 11 is 0. The van der Waals surface area contributed by atoms with Crippen molar-refractivity contribution in [2.45, 2.75) is 23.2 Å². The van der Waals surface area contributed by atoms with Gasteiger partial charge in [-0.2, -0.15) is 15.4 Å². The molecule has 2 aromatic heterocycles. The zero-order valence-electron chi connectivity index (χ0n) is 14.0. The van der Waals surface area contributed by atoms with Gasteiger partial charge >= 0.3 is 0 Å². The van der Waals surface area contributed by atoms with Gasteiger partial charge in [0.2, 0.25) is 15.0 Å². The van der Waals surface area contributed by atoms with Gasteiger partial charge in [-0.3, -0.25) is 4.79 Å². The maximum absolute atomic E-state index is 12.7. The molecular weight excluding hydrogens is 358 g/mol. The van der Waals surface area contributed by atoms with Gasteiger partial charge < -0.3 is 9.47 Å². The van der Waals surface area contributed by atoms with Crippen LogP contribution in [0, 0.1) is 0 Å². The van der Waals surface area contributed by atoms with E-state index in [1.165, 1.54) is 10.9 Å². The highest BCUT2D eigenvalue weighted by Crippen LogP contribution is 2.24. The van der Waals surface area contributed by atoms with Crippen LogP contribution in [-0.2, 0) is 16.9 Å². The molecule has 26 heavy (non-hydrogen) atoms. The number of hydrogen-bond acceptors (Lipinski definition) is 7. The first kappa shape index (κ1) is 16.6. The third-order valence-corrected chi connectivity index (χ3v) is 6.88. The summed E-state index contributed by atoms with van der Waals surface area (Å²) in [5, 5.41) is 17.2. The van der Waals surface area contributed by atoms with Crippen LogP contribution in [-0.4, -0.2) is 67.7 Å². The lowest BCUT2D eigenvalue weighted by Gasteiger charge is -2.31. The van der Waals surface area contributed by atoms with Crippen molar-refractivity contribution >= 4 is 26.8 Å². The molecule has 136 valence electrons. The standard InChI is InChI=1S/C15H17N7O3S/c1-21-9-16-19-15(21)26(24,25)11-4-6-22(7-5-11)14(23)10-2-3-12-13(8-10)18-20-17-12/h2-3,8-9,11H,4-7H2,1H3,(H,17,18,20). The Labute approximate surface area is 149 Å². The molecule has 4 rings (SSSR count). The third kappa shape index (κ3) is 2.73. The second-order valence-corrected chi connectivity index (χ2v) is 8.41. The largest absolute Gasteiger partial charge is 0.339 e. The van der Waals surface area contributed by atoms with Crippen molar-refractivity contribution in [2.24, 2.45) is 7.05 Å². The number of hydrogen-bond donors (Lipinski definition) is 1. The lowest BCUT2D eigenvalue weighted by Crippen LogP contribution is -2.42. The molecule has 3 heterocycles. The molecule has 3 aromatic rings. The summed E-state index contributed by atoms with van der Waals surface area (Å²) < 4.78 is 26.8. The number of likely N-dealkylation sites (tertiary alicyclic amines) is 1. The molecule has 0 spiro atoms. The van der Waals surface area contributed by atoms with Crippen LogP contribution in [0.25, 0.3) is 11.0 Å². The van der Waals surface area contributed by atoms with E-state index >= 15 is 0 Å². The fourth-order valence-electron chi connectivity index (χ4n) is 3.20. The molecule has 0 saturated carbocycles. The third-order valence-electron chi connectivity index (χ3n) is 4.66. The number of piperidine rings is 1. The quantitative estimate of drug-likeness (QED) is 0.691. The van der Waals surface area contributed by atoms with Crippen LogP contribution in [0.15, 0.2) is 29.7 Å². The minimum absolute atomic E-state index is 0.0289. The first-order chi connectivity index (χ1) is 12.5. The molecule has 1 fully saturated rings. The number of carbonyl (C=O) groups is 1. The van der Waals surface area contributed by atoms with Crippen molar-refractivity contribution < 1.29 is 13.2 Å². The van der Waals surface area contributed by atoms with Crippen molar-refractivity contribution in [3.63, 3.8) is 0 Å². The SMILES string of the molecule is Cn1cnnc1S(=O)(=O)C1CCN(C(=O)c2ccc3n[nH]nc3c2)CC1. The minimum atomic E-state index is -3.56. The Morgan fingerprint density at radius 1 is 1.19 bits per heavy atom. The van der Waals surface area contributed by atoms with Crippen LogP contribution in [0.1, 0.15) is 23.2 Å². The lowest BCUT2D eigenvalue weighted by molar-refractivity contribution is 0.0725. The van der Waals surface area contributed by atoms with Crippen LogP contribution in [0.3, 0.4) is 0 Å². The number of nitrogens with one attached hydrogen (secondary N) is 1. The second-order valence-electron chi connectivity index (χ2n) is 6.29. The van der Waals surface area contributed by atoms with E-state index in [0.29, 0.717) is 42.5 Å². The highest BCUT2D eigenvalue weighted by atomic mass is 32.2. The fourth-order valence-corrected chi connectivity index (χ4v) is 4.94.